The van der Waals surface area contributed by atoms with E-state index in [0.717, 1.165) is 65.1 Å². The number of piperazine rings is 1. The van der Waals surface area contributed by atoms with Gasteiger partial charge in [-0.15, -0.1) is 0 Å². The molecule has 0 aromatic rings. The van der Waals surface area contributed by atoms with E-state index in [4.69, 9.17) is 4.74 Å². The van der Waals surface area contributed by atoms with E-state index < -0.39 is 0 Å². The van der Waals surface area contributed by atoms with Crippen molar-refractivity contribution in [1.82, 2.24) is 15.5 Å². The lowest BCUT2D eigenvalue weighted by atomic mass is 10.0. The fraction of sp³-hybridized carbons (Fsp3) is 0.923. The van der Waals surface area contributed by atoms with Crippen molar-refractivity contribution in [3.63, 3.8) is 0 Å². The molecule has 0 aromatic carbocycles. The maximum Gasteiger partial charge on any atom is 0.225 e. The van der Waals surface area contributed by atoms with Gasteiger partial charge in [-0.25, -0.2) is 0 Å². The molecule has 2 N–H and O–H groups in total. The molecule has 0 radical (unpaired) electrons. The molecule has 5 nitrogen and oxygen atoms in total. The number of amides is 1. The molecule has 2 saturated heterocycles. The van der Waals surface area contributed by atoms with Gasteiger partial charge in [-0.05, 0) is 25.8 Å². The van der Waals surface area contributed by atoms with Crippen LogP contribution in [-0.4, -0.2) is 63.3 Å². The van der Waals surface area contributed by atoms with Crippen LogP contribution in [0.3, 0.4) is 0 Å². The number of nitrogens with zero attached hydrogens (tertiary/aromatic N) is 1. The Morgan fingerprint density at radius 3 is 2.94 bits per heavy atom. The smallest absolute Gasteiger partial charge is 0.225 e. The second-order valence-electron chi connectivity index (χ2n) is 5.15. The average Bonchev–Trinajstić information content (AvgIpc) is 2.45. The van der Waals surface area contributed by atoms with Crippen molar-refractivity contribution in [3.8, 4) is 0 Å². The molecule has 5 heteroatoms. The molecule has 18 heavy (non-hydrogen) atoms. The molecule has 1 amide bonds. The zero-order valence-electron chi connectivity index (χ0n) is 11.1. The van der Waals surface area contributed by atoms with Crippen LogP contribution < -0.4 is 10.6 Å². The minimum atomic E-state index is 0.0814. The van der Waals surface area contributed by atoms with Crippen LogP contribution in [0, 0.1) is 5.92 Å². The summed E-state index contributed by atoms with van der Waals surface area (Å²) in [5.74, 6) is 0.257. The lowest BCUT2D eigenvalue weighted by Crippen LogP contribution is -2.44. The van der Waals surface area contributed by atoms with Crippen molar-refractivity contribution in [3.05, 3.63) is 0 Å². The van der Waals surface area contributed by atoms with Crippen LogP contribution in [0.25, 0.3) is 0 Å². The van der Waals surface area contributed by atoms with Crippen LogP contribution in [0.5, 0.6) is 0 Å². The monoisotopic (exact) mass is 255 g/mol. The van der Waals surface area contributed by atoms with Crippen LogP contribution in [0.1, 0.15) is 19.3 Å². The maximum atomic E-state index is 11.8. The highest BCUT2D eigenvalue weighted by Crippen LogP contribution is 2.13. The first-order valence-corrected chi connectivity index (χ1v) is 7.15. The Kier molecular flexibility index (Phi) is 5.90. The van der Waals surface area contributed by atoms with Gasteiger partial charge in [0, 0.05) is 39.3 Å². The second kappa shape index (κ2) is 7.71. The third-order valence-electron chi connectivity index (χ3n) is 3.69. The molecular formula is C13H25N3O2. The number of hydrogen-bond donors (Lipinski definition) is 2. The average molecular weight is 255 g/mol. The molecule has 104 valence electrons. The normalized spacial score (nSPS) is 25.9. The summed E-state index contributed by atoms with van der Waals surface area (Å²) in [6.45, 7) is 7.73. The van der Waals surface area contributed by atoms with Gasteiger partial charge in [0.05, 0.1) is 12.5 Å². The van der Waals surface area contributed by atoms with Crippen molar-refractivity contribution >= 4 is 5.91 Å². The van der Waals surface area contributed by atoms with Gasteiger partial charge in [0.2, 0.25) is 5.91 Å². The highest BCUT2D eigenvalue weighted by molar-refractivity contribution is 5.78. The highest BCUT2D eigenvalue weighted by Gasteiger charge is 2.21. The lowest BCUT2D eigenvalue weighted by molar-refractivity contribution is -0.128. The van der Waals surface area contributed by atoms with E-state index in [1.165, 1.54) is 0 Å². The second-order valence-corrected chi connectivity index (χ2v) is 5.15. The summed E-state index contributed by atoms with van der Waals surface area (Å²) in [6, 6.07) is 0. The summed E-state index contributed by atoms with van der Waals surface area (Å²) in [6.07, 6.45) is 3.03. The minimum absolute atomic E-state index is 0.0814. The van der Waals surface area contributed by atoms with Crippen molar-refractivity contribution < 1.29 is 9.53 Å². The van der Waals surface area contributed by atoms with Gasteiger partial charge in [-0.2, -0.15) is 0 Å². The lowest BCUT2D eigenvalue weighted by Gasteiger charge is -2.27. The van der Waals surface area contributed by atoms with E-state index in [0.29, 0.717) is 6.61 Å². The van der Waals surface area contributed by atoms with Gasteiger partial charge in [-0.1, -0.05) is 0 Å². The molecular weight excluding hydrogens is 230 g/mol. The third kappa shape index (κ3) is 4.55. The van der Waals surface area contributed by atoms with Crippen molar-refractivity contribution in [2.75, 3.05) is 52.5 Å². The molecule has 1 unspecified atom stereocenters. The first kappa shape index (κ1) is 13.8. The molecule has 0 saturated carbocycles. The summed E-state index contributed by atoms with van der Waals surface area (Å²) in [7, 11) is 0. The number of carbonyl (C=O) groups excluding carboxylic acids is 1. The van der Waals surface area contributed by atoms with Gasteiger partial charge in [0.15, 0.2) is 0 Å². The molecule has 0 spiro atoms. The quantitative estimate of drug-likeness (QED) is 0.670. The summed E-state index contributed by atoms with van der Waals surface area (Å²) >= 11 is 0. The Labute approximate surface area is 109 Å². The Morgan fingerprint density at radius 1 is 1.39 bits per heavy atom. The summed E-state index contributed by atoms with van der Waals surface area (Å²) in [4.78, 5) is 14.3. The van der Waals surface area contributed by atoms with E-state index in [1.54, 1.807) is 0 Å². The third-order valence-corrected chi connectivity index (χ3v) is 3.69. The highest BCUT2D eigenvalue weighted by atomic mass is 16.5. The number of rotatable bonds is 5. The maximum absolute atomic E-state index is 11.8. The van der Waals surface area contributed by atoms with Gasteiger partial charge in [0.25, 0.3) is 0 Å². The van der Waals surface area contributed by atoms with E-state index in [2.05, 4.69) is 15.5 Å². The number of ether oxygens (including phenoxy) is 1. The van der Waals surface area contributed by atoms with Crippen LogP contribution in [-0.2, 0) is 9.53 Å². The van der Waals surface area contributed by atoms with Crippen LogP contribution in [0.2, 0.25) is 0 Å². The van der Waals surface area contributed by atoms with E-state index in [9.17, 15) is 4.79 Å². The predicted octanol–water partition coefficient (Wildman–Crippen LogP) is -0.175. The zero-order chi connectivity index (χ0) is 12.6. The molecule has 2 aliphatic rings. The number of nitrogens with one attached hydrogen (secondary N) is 2. The minimum Gasteiger partial charge on any atom is -0.381 e. The topological polar surface area (TPSA) is 53.6 Å². The SMILES string of the molecule is O=C(NCCCN1CCNCC1)C1CCCOC1. The molecule has 0 bridgehead atoms. The van der Waals surface area contributed by atoms with Crippen LogP contribution in [0.4, 0.5) is 0 Å². The molecule has 2 rings (SSSR count). The van der Waals surface area contributed by atoms with Gasteiger partial charge < -0.3 is 20.3 Å². The molecule has 0 aromatic heterocycles. The molecule has 2 fully saturated rings. The first-order valence-electron chi connectivity index (χ1n) is 7.15. The molecule has 2 heterocycles. The van der Waals surface area contributed by atoms with E-state index in [1.807, 2.05) is 0 Å². The Morgan fingerprint density at radius 2 is 2.22 bits per heavy atom. The fourth-order valence-electron chi connectivity index (χ4n) is 2.54. The van der Waals surface area contributed by atoms with Crippen LogP contribution in [0.15, 0.2) is 0 Å². The van der Waals surface area contributed by atoms with E-state index >= 15 is 0 Å². The van der Waals surface area contributed by atoms with Gasteiger partial charge in [-0.3, -0.25) is 4.79 Å². The summed E-state index contributed by atoms with van der Waals surface area (Å²) in [5, 5.41) is 6.37. The first-order chi connectivity index (χ1) is 8.86. The van der Waals surface area contributed by atoms with Crippen molar-refractivity contribution in [1.29, 1.82) is 0 Å². The number of carbonyl (C=O) groups is 1. The zero-order valence-corrected chi connectivity index (χ0v) is 11.1. The van der Waals surface area contributed by atoms with Crippen molar-refractivity contribution in [2.45, 2.75) is 19.3 Å². The fourth-order valence-corrected chi connectivity index (χ4v) is 2.54. The van der Waals surface area contributed by atoms with Crippen LogP contribution >= 0.6 is 0 Å². The van der Waals surface area contributed by atoms with Gasteiger partial charge >= 0.3 is 0 Å². The number of hydrogen-bond acceptors (Lipinski definition) is 4. The molecule has 1 atom stereocenters. The summed E-state index contributed by atoms with van der Waals surface area (Å²) in [5.41, 5.74) is 0. The largest absolute Gasteiger partial charge is 0.381 e. The molecule has 2 aliphatic heterocycles. The van der Waals surface area contributed by atoms with Crippen molar-refractivity contribution in [2.24, 2.45) is 5.92 Å². The predicted molar refractivity (Wildman–Crippen MR) is 70.5 cm³/mol. The Bertz CT molecular complexity index is 249. The molecule has 0 aliphatic carbocycles. The Balaban J connectivity index is 1.52. The summed E-state index contributed by atoms with van der Waals surface area (Å²) < 4.78 is 5.33. The Hall–Kier alpha value is -0.650. The van der Waals surface area contributed by atoms with Gasteiger partial charge in [0.1, 0.15) is 0 Å². The standard InChI is InChI=1S/C13H25N3O2/c17-13(12-3-1-10-18-11-12)15-4-2-7-16-8-5-14-6-9-16/h12,14H,1-11H2,(H,15,17). The van der Waals surface area contributed by atoms with E-state index in [-0.39, 0.29) is 11.8 Å².